The highest BCUT2D eigenvalue weighted by Gasteiger charge is 2.26. The zero-order valence-electron chi connectivity index (χ0n) is 21.1. The highest BCUT2D eigenvalue weighted by atomic mass is 16.5. The molecule has 1 aromatic heterocycles. The molecule has 7 heteroatoms. The molecule has 2 saturated heterocycles. The van der Waals surface area contributed by atoms with Gasteiger partial charge >= 0.3 is 0 Å². The number of aromatic nitrogens is 1. The third-order valence-electron chi connectivity index (χ3n) is 7.21. The van der Waals surface area contributed by atoms with Crippen LogP contribution in [0, 0.1) is 11.3 Å². The molecule has 2 aromatic carbocycles. The number of pyridine rings is 1. The van der Waals surface area contributed by atoms with Crippen molar-refractivity contribution < 1.29 is 9.53 Å². The maximum Gasteiger partial charge on any atom is 0.272 e. The number of nitriles is 1. The van der Waals surface area contributed by atoms with E-state index in [4.69, 9.17) is 10.00 Å². The molecule has 37 heavy (non-hydrogen) atoms. The maximum atomic E-state index is 12.8. The van der Waals surface area contributed by atoms with Crippen LogP contribution < -0.4 is 4.90 Å². The molecule has 2 aliphatic rings. The van der Waals surface area contributed by atoms with Gasteiger partial charge in [-0.1, -0.05) is 30.3 Å². The number of benzene rings is 2. The van der Waals surface area contributed by atoms with E-state index in [1.165, 1.54) is 24.1 Å². The second kappa shape index (κ2) is 12.0. The van der Waals surface area contributed by atoms with Gasteiger partial charge < -0.3 is 14.5 Å². The Labute approximate surface area is 218 Å². The second-order valence-corrected chi connectivity index (χ2v) is 9.71. The quantitative estimate of drug-likeness (QED) is 0.465. The molecule has 2 fully saturated rings. The monoisotopic (exact) mass is 495 g/mol. The smallest absolute Gasteiger partial charge is 0.272 e. The van der Waals surface area contributed by atoms with Gasteiger partial charge in [0.05, 0.1) is 24.3 Å². The van der Waals surface area contributed by atoms with Gasteiger partial charge in [0.2, 0.25) is 0 Å². The number of ether oxygens (including phenoxy) is 1. The van der Waals surface area contributed by atoms with Crippen LogP contribution >= 0.6 is 0 Å². The van der Waals surface area contributed by atoms with Gasteiger partial charge in [-0.3, -0.25) is 14.7 Å². The van der Waals surface area contributed by atoms with E-state index in [-0.39, 0.29) is 12.0 Å². The van der Waals surface area contributed by atoms with E-state index >= 15 is 0 Å². The number of hydrogen-bond donors (Lipinski definition) is 0. The minimum absolute atomic E-state index is 0.00724. The van der Waals surface area contributed by atoms with E-state index in [0.29, 0.717) is 31.0 Å². The largest absolute Gasteiger partial charge is 0.372 e. The highest BCUT2D eigenvalue weighted by molar-refractivity contribution is 5.92. The third-order valence-corrected chi connectivity index (χ3v) is 7.21. The lowest BCUT2D eigenvalue weighted by atomic mass is 10.1. The Morgan fingerprint density at radius 3 is 2.43 bits per heavy atom. The molecule has 1 amide bonds. The van der Waals surface area contributed by atoms with Crippen LogP contribution in [0.25, 0.3) is 0 Å². The molecule has 1 atom stereocenters. The Morgan fingerprint density at radius 2 is 1.73 bits per heavy atom. The topological polar surface area (TPSA) is 72.7 Å². The van der Waals surface area contributed by atoms with Gasteiger partial charge in [-0.15, -0.1) is 0 Å². The van der Waals surface area contributed by atoms with Crippen molar-refractivity contribution in [2.24, 2.45) is 0 Å². The molecule has 3 heterocycles. The summed E-state index contributed by atoms with van der Waals surface area (Å²) in [5.41, 5.74) is 4.62. The van der Waals surface area contributed by atoms with Crippen molar-refractivity contribution in [1.82, 2.24) is 14.8 Å². The first-order valence-corrected chi connectivity index (χ1v) is 13.1. The lowest BCUT2D eigenvalue weighted by Crippen LogP contribution is -2.49. The van der Waals surface area contributed by atoms with Crippen molar-refractivity contribution >= 4 is 11.6 Å². The number of amides is 1. The number of rotatable bonds is 8. The molecule has 1 unspecified atom stereocenters. The Kier molecular flexibility index (Phi) is 8.09. The van der Waals surface area contributed by atoms with Crippen molar-refractivity contribution in [2.75, 3.05) is 50.7 Å². The van der Waals surface area contributed by atoms with Crippen LogP contribution in [0.3, 0.4) is 0 Å². The normalized spacial score (nSPS) is 16.9. The average Bonchev–Trinajstić information content (AvgIpc) is 3.51. The summed E-state index contributed by atoms with van der Waals surface area (Å²) in [5.74, 6) is -0.00724. The van der Waals surface area contributed by atoms with E-state index in [0.717, 1.165) is 38.3 Å². The summed E-state index contributed by atoms with van der Waals surface area (Å²) in [6, 6.07) is 23.9. The van der Waals surface area contributed by atoms with Crippen LogP contribution in [0.15, 0.2) is 72.9 Å². The Morgan fingerprint density at radius 1 is 0.946 bits per heavy atom. The number of piperazine rings is 1. The van der Waals surface area contributed by atoms with Gasteiger partial charge in [0.15, 0.2) is 0 Å². The van der Waals surface area contributed by atoms with Crippen LogP contribution in [0.2, 0.25) is 0 Å². The fourth-order valence-corrected chi connectivity index (χ4v) is 5.04. The van der Waals surface area contributed by atoms with Crippen LogP contribution in [0.1, 0.15) is 46.1 Å². The van der Waals surface area contributed by atoms with Crippen LogP contribution in [0.5, 0.6) is 0 Å². The number of carbonyl (C=O) groups is 1. The summed E-state index contributed by atoms with van der Waals surface area (Å²) in [5, 5.41) is 9.09. The van der Waals surface area contributed by atoms with E-state index in [9.17, 15) is 4.79 Å². The third kappa shape index (κ3) is 6.34. The number of anilines is 1. The number of nitrogens with zero attached hydrogens (tertiary/aromatic N) is 5. The predicted molar refractivity (Wildman–Crippen MR) is 143 cm³/mol. The zero-order valence-corrected chi connectivity index (χ0v) is 21.1. The first kappa shape index (κ1) is 24.9. The molecule has 3 aromatic rings. The molecule has 0 bridgehead atoms. The Bertz CT molecular complexity index is 1210. The van der Waals surface area contributed by atoms with E-state index in [1.54, 1.807) is 12.3 Å². The van der Waals surface area contributed by atoms with Crippen LogP contribution in [-0.4, -0.2) is 66.5 Å². The van der Waals surface area contributed by atoms with Gasteiger partial charge in [-0.2, -0.15) is 5.26 Å². The van der Waals surface area contributed by atoms with Crippen molar-refractivity contribution in [2.45, 2.75) is 25.6 Å². The molecule has 0 spiro atoms. The summed E-state index contributed by atoms with van der Waals surface area (Å²) < 4.78 is 6.52. The van der Waals surface area contributed by atoms with Gasteiger partial charge in [-0.25, -0.2) is 0 Å². The summed E-state index contributed by atoms with van der Waals surface area (Å²) >= 11 is 0. The fourth-order valence-electron chi connectivity index (χ4n) is 5.04. The first-order valence-electron chi connectivity index (χ1n) is 13.1. The molecule has 0 aliphatic carbocycles. The molecule has 0 saturated carbocycles. The number of carbonyl (C=O) groups excluding carboxylic acids is 1. The first-order chi connectivity index (χ1) is 18.2. The molecule has 7 nitrogen and oxygen atoms in total. The number of hydrogen-bond acceptors (Lipinski definition) is 6. The van der Waals surface area contributed by atoms with Crippen molar-refractivity contribution in [3.8, 4) is 6.07 Å². The SMILES string of the molecule is N#Cc1ccc(COC(CN2CCN(C(=O)c3ccccn3)CC2)c2cccc(N3CCCC3)c2)cc1. The van der Waals surface area contributed by atoms with E-state index in [1.807, 2.05) is 41.3 Å². The van der Waals surface area contributed by atoms with Crippen molar-refractivity contribution in [1.29, 1.82) is 5.26 Å². The lowest BCUT2D eigenvalue weighted by Gasteiger charge is -2.36. The molecule has 0 radical (unpaired) electrons. The van der Waals surface area contributed by atoms with E-state index in [2.05, 4.69) is 45.1 Å². The Balaban J connectivity index is 1.26. The molecular weight excluding hydrogens is 462 g/mol. The zero-order chi connectivity index (χ0) is 25.5. The molecular formula is C30H33N5O2. The summed E-state index contributed by atoms with van der Waals surface area (Å²) in [7, 11) is 0. The molecule has 5 rings (SSSR count). The predicted octanol–water partition coefficient (Wildman–Crippen LogP) is 4.27. The van der Waals surface area contributed by atoms with Gasteiger partial charge in [0.1, 0.15) is 5.69 Å². The van der Waals surface area contributed by atoms with Gasteiger partial charge in [0, 0.05) is 57.7 Å². The van der Waals surface area contributed by atoms with Crippen LogP contribution in [-0.2, 0) is 11.3 Å². The molecule has 2 aliphatic heterocycles. The van der Waals surface area contributed by atoms with Crippen molar-refractivity contribution in [3.63, 3.8) is 0 Å². The standard InChI is InChI=1S/C30H33N5O2/c31-21-24-9-11-25(12-10-24)23-37-29(26-6-5-7-27(20-26)34-14-3-4-15-34)22-33-16-18-35(19-17-33)30(36)28-8-1-2-13-32-28/h1-2,5-13,20,29H,3-4,14-19,22-23H2. The maximum absolute atomic E-state index is 12.8. The minimum atomic E-state index is -0.101. The summed E-state index contributed by atoms with van der Waals surface area (Å²) in [6.45, 7) is 6.37. The molecule has 190 valence electrons. The summed E-state index contributed by atoms with van der Waals surface area (Å²) in [6.07, 6.45) is 4.04. The van der Waals surface area contributed by atoms with E-state index < -0.39 is 0 Å². The van der Waals surface area contributed by atoms with Gasteiger partial charge in [0.25, 0.3) is 5.91 Å². The second-order valence-electron chi connectivity index (χ2n) is 9.71. The van der Waals surface area contributed by atoms with Crippen LogP contribution in [0.4, 0.5) is 5.69 Å². The highest BCUT2D eigenvalue weighted by Crippen LogP contribution is 2.27. The fraction of sp³-hybridized carbons (Fsp3) is 0.367. The summed E-state index contributed by atoms with van der Waals surface area (Å²) in [4.78, 5) is 23.8. The van der Waals surface area contributed by atoms with Gasteiger partial charge in [-0.05, 0) is 60.4 Å². The molecule has 0 N–H and O–H groups in total. The lowest BCUT2D eigenvalue weighted by molar-refractivity contribution is 0.00338. The minimum Gasteiger partial charge on any atom is -0.372 e. The van der Waals surface area contributed by atoms with Crippen molar-refractivity contribution in [3.05, 3.63) is 95.3 Å². The average molecular weight is 496 g/mol. The Hall–Kier alpha value is -3.73.